The van der Waals surface area contributed by atoms with Crippen molar-refractivity contribution >= 4 is 27.3 Å². The van der Waals surface area contributed by atoms with Crippen LogP contribution < -0.4 is 5.32 Å². The Morgan fingerprint density at radius 1 is 1.48 bits per heavy atom. The van der Waals surface area contributed by atoms with Crippen molar-refractivity contribution in [1.82, 2.24) is 0 Å². The monoisotopic (exact) mass is 356 g/mol. The third-order valence-electron chi connectivity index (χ3n) is 3.90. The van der Waals surface area contributed by atoms with Gasteiger partial charge in [0.1, 0.15) is 0 Å². The van der Waals surface area contributed by atoms with Crippen molar-refractivity contribution in [1.29, 1.82) is 0 Å². The minimum Gasteiger partial charge on any atom is -0.381 e. The zero-order valence-corrected chi connectivity index (χ0v) is 14.1. The van der Waals surface area contributed by atoms with Gasteiger partial charge in [0.25, 0.3) is 5.69 Å². The van der Waals surface area contributed by atoms with Crippen molar-refractivity contribution in [3.63, 3.8) is 0 Å². The minimum absolute atomic E-state index is 0.146. The van der Waals surface area contributed by atoms with Crippen LogP contribution in [0.4, 0.5) is 11.4 Å². The highest BCUT2D eigenvalue weighted by Gasteiger charge is 2.25. The van der Waals surface area contributed by atoms with Crippen molar-refractivity contribution < 1.29 is 9.66 Å². The summed E-state index contributed by atoms with van der Waals surface area (Å²) in [6.45, 7) is 6.78. The highest BCUT2D eigenvalue weighted by molar-refractivity contribution is 9.10. The lowest BCUT2D eigenvalue weighted by atomic mass is 9.95. The zero-order chi connectivity index (χ0) is 15.6. The van der Waals surface area contributed by atoms with Crippen molar-refractivity contribution in [3.05, 3.63) is 32.3 Å². The number of nitro groups is 1. The molecule has 0 bridgehead atoms. The maximum atomic E-state index is 11.1. The van der Waals surface area contributed by atoms with Crippen LogP contribution in [0.2, 0.25) is 0 Å². The van der Waals surface area contributed by atoms with Gasteiger partial charge in [0.05, 0.1) is 16.7 Å². The maximum Gasteiger partial charge on any atom is 0.274 e. The number of rotatable bonds is 4. The van der Waals surface area contributed by atoms with E-state index in [1.807, 2.05) is 0 Å². The second kappa shape index (κ2) is 6.75. The molecule has 1 aliphatic heterocycles. The first-order valence-electron chi connectivity index (χ1n) is 7.21. The Morgan fingerprint density at radius 3 is 2.81 bits per heavy atom. The molecule has 1 saturated heterocycles. The standard InChI is InChI=1S/C15H21BrN2O3/c1-9(2)15-7-11(4-5-21-15)17-13-8-14(18(19)20)10(3)6-12(13)16/h6,8-9,11,15,17H,4-5,7H2,1-3H3. The summed E-state index contributed by atoms with van der Waals surface area (Å²) in [6.07, 6.45) is 2.08. The number of nitrogens with one attached hydrogen (secondary N) is 1. The molecule has 2 rings (SSSR count). The molecule has 0 radical (unpaired) electrons. The Bertz CT molecular complexity index is 534. The predicted octanol–water partition coefficient (Wildman–Crippen LogP) is 4.28. The second-order valence-electron chi connectivity index (χ2n) is 5.89. The molecule has 2 unspecified atom stereocenters. The van der Waals surface area contributed by atoms with Crippen molar-refractivity contribution in [2.45, 2.75) is 45.8 Å². The number of nitrogens with zero attached hydrogens (tertiary/aromatic N) is 1. The first kappa shape index (κ1) is 16.2. The number of anilines is 1. The van der Waals surface area contributed by atoms with Gasteiger partial charge in [-0.05, 0) is 47.7 Å². The minimum atomic E-state index is -0.339. The summed E-state index contributed by atoms with van der Waals surface area (Å²) in [6, 6.07) is 3.68. The molecule has 2 atom stereocenters. The number of ether oxygens (including phenoxy) is 1. The van der Waals surface area contributed by atoms with Gasteiger partial charge in [0.2, 0.25) is 0 Å². The number of nitro benzene ring substituents is 1. The van der Waals surface area contributed by atoms with Gasteiger partial charge >= 0.3 is 0 Å². The van der Waals surface area contributed by atoms with Crippen LogP contribution in [0.15, 0.2) is 16.6 Å². The molecule has 0 saturated carbocycles. The van der Waals surface area contributed by atoms with Gasteiger partial charge in [-0.15, -0.1) is 0 Å². The van der Waals surface area contributed by atoms with Gasteiger partial charge in [-0.25, -0.2) is 0 Å². The van der Waals surface area contributed by atoms with Crippen LogP contribution in [0, 0.1) is 23.0 Å². The smallest absolute Gasteiger partial charge is 0.274 e. The Labute approximate surface area is 133 Å². The molecule has 0 spiro atoms. The molecular formula is C15H21BrN2O3. The van der Waals surface area contributed by atoms with Crippen molar-refractivity contribution in [2.75, 3.05) is 11.9 Å². The van der Waals surface area contributed by atoms with Crippen LogP contribution in [-0.2, 0) is 4.74 Å². The topological polar surface area (TPSA) is 64.4 Å². The molecule has 5 nitrogen and oxygen atoms in total. The molecule has 0 aliphatic carbocycles. The van der Waals surface area contributed by atoms with Gasteiger partial charge in [-0.1, -0.05) is 13.8 Å². The molecule has 1 aromatic rings. The quantitative estimate of drug-likeness (QED) is 0.645. The van der Waals surface area contributed by atoms with Crippen LogP contribution in [0.1, 0.15) is 32.3 Å². The van der Waals surface area contributed by atoms with Gasteiger partial charge in [-0.2, -0.15) is 0 Å². The lowest BCUT2D eigenvalue weighted by molar-refractivity contribution is -0.385. The van der Waals surface area contributed by atoms with E-state index in [9.17, 15) is 10.1 Å². The zero-order valence-electron chi connectivity index (χ0n) is 12.6. The average molecular weight is 357 g/mol. The van der Waals surface area contributed by atoms with Gasteiger partial charge in [0.15, 0.2) is 0 Å². The lowest BCUT2D eigenvalue weighted by Gasteiger charge is -2.33. The highest BCUT2D eigenvalue weighted by Crippen LogP contribution is 2.32. The van der Waals surface area contributed by atoms with Gasteiger partial charge in [0, 0.05) is 28.8 Å². The Morgan fingerprint density at radius 2 is 2.19 bits per heavy atom. The van der Waals surface area contributed by atoms with Crippen LogP contribution in [-0.4, -0.2) is 23.7 Å². The SMILES string of the molecule is Cc1cc(Br)c(NC2CCOC(C(C)C)C2)cc1[N+](=O)[O-]. The average Bonchev–Trinajstić information content (AvgIpc) is 2.41. The molecule has 0 aromatic heterocycles. The molecule has 1 N–H and O–H groups in total. The Kier molecular flexibility index (Phi) is 5.22. The third kappa shape index (κ3) is 3.95. The molecule has 1 aromatic carbocycles. The number of benzene rings is 1. The molecule has 1 aliphatic rings. The van der Waals surface area contributed by atoms with Gasteiger partial charge < -0.3 is 10.1 Å². The molecule has 1 heterocycles. The van der Waals surface area contributed by atoms with E-state index in [1.54, 1.807) is 19.1 Å². The fraction of sp³-hybridized carbons (Fsp3) is 0.600. The number of hydrogen-bond donors (Lipinski definition) is 1. The number of aryl methyl sites for hydroxylation is 1. The largest absolute Gasteiger partial charge is 0.381 e. The van der Waals surface area contributed by atoms with E-state index in [2.05, 4.69) is 35.1 Å². The van der Waals surface area contributed by atoms with Crippen LogP contribution >= 0.6 is 15.9 Å². The van der Waals surface area contributed by atoms with E-state index in [1.165, 1.54) is 0 Å². The molecule has 1 fully saturated rings. The summed E-state index contributed by atoms with van der Waals surface area (Å²) in [5, 5.41) is 14.5. The fourth-order valence-electron chi connectivity index (χ4n) is 2.61. The first-order valence-corrected chi connectivity index (χ1v) is 8.00. The number of halogens is 1. The molecule has 0 amide bonds. The van der Waals surface area contributed by atoms with E-state index in [0.29, 0.717) is 11.5 Å². The molecular weight excluding hydrogens is 336 g/mol. The molecule has 21 heavy (non-hydrogen) atoms. The first-order chi connectivity index (χ1) is 9.88. The normalized spacial score (nSPS) is 22.3. The van der Waals surface area contributed by atoms with Crippen LogP contribution in [0.25, 0.3) is 0 Å². The van der Waals surface area contributed by atoms with E-state index < -0.39 is 0 Å². The maximum absolute atomic E-state index is 11.1. The van der Waals surface area contributed by atoms with Crippen molar-refractivity contribution in [3.8, 4) is 0 Å². The Hall–Kier alpha value is -1.14. The Balaban J connectivity index is 2.15. The fourth-order valence-corrected chi connectivity index (χ4v) is 3.18. The van der Waals surface area contributed by atoms with Crippen molar-refractivity contribution in [2.24, 2.45) is 5.92 Å². The summed E-state index contributed by atoms with van der Waals surface area (Å²) < 4.78 is 6.62. The summed E-state index contributed by atoms with van der Waals surface area (Å²) in [5.74, 6) is 0.477. The lowest BCUT2D eigenvalue weighted by Crippen LogP contribution is -2.36. The predicted molar refractivity (Wildman–Crippen MR) is 86.8 cm³/mol. The van der Waals surface area contributed by atoms with Crippen LogP contribution in [0.5, 0.6) is 0 Å². The van der Waals surface area contributed by atoms with E-state index in [-0.39, 0.29) is 22.8 Å². The number of hydrogen-bond acceptors (Lipinski definition) is 4. The second-order valence-corrected chi connectivity index (χ2v) is 6.75. The van der Waals surface area contributed by atoms with Crippen LogP contribution in [0.3, 0.4) is 0 Å². The third-order valence-corrected chi connectivity index (χ3v) is 4.56. The summed E-state index contributed by atoms with van der Waals surface area (Å²) in [7, 11) is 0. The van der Waals surface area contributed by atoms with Gasteiger partial charge in [-0.3, -0.25) is 10.1 Å². The molecule has 6 heteroatoms. The van der Waals surface area contributed by atoms with E-state index >= 15 is 0 Å². The molecule has 116 valence electrons. The summed E-state index contributed by atoms with van der Waals surface area (Å²) >= 11 is 3.48. The summed E-state index contributed by atoms with van der Waals surface area (Å²) in [5.41, 5.74) is 1.58. The highest BCUT2D eigenvalue weighted by atomic mass is 79.9. The summed E-state index contributed by atoms with van der Waals surface area (Å²) in [4.78, 5) is 10.7. The van der Waals surface area contributed by atoms with E-state index in [4.69, 9.17) is 4.74 Å². The van der Waals surface area contributed by atoms with E-state index in [0.717, 1.165) is 29.6 Å².